The number of hydrogen-bond donors (Lipinski definition) is 0. The van der Waals surface area contributed by atoms with E-state index in [0.29, 0.717) is 12.5 Å². The average molecular weight is 340 g/mol. The molecular formula is C16H22BrNO2. The maximum atomic E-state index is 12.5. The SMILES string of the molecule is CC1Oc2ccccc2N(CC(CBr)C(C)(C)C)C1=O. The smallest absolute Gasteiger partial charge is 0.267 e. The quantitative estimate of drug-likeness (QED) is 0.782. The number of rotatable bonds is 3. The molecule has 0 aromatic heterocycles. The van der Waals surface area contributed by atoms with Crippen molar-refractivity contribution in [2.45, 2.75) is 33.8 Å². The van der Waals surface area contributed by atoms with Crippen molar-refractivity contribution < 1.29 is 9.53 Å². The van der Waals surface area contributed by atoms with Gasteiger partial charge in [0, 0.05) is 11.9 Å². The predicted octanol–water partition coefficient (Wildman–Crippen LogP) is 3.86. The highest BCUT2D eigenvalue weighted by molar-refractivity contribution is 9.09. The lowest BCUT2D eigenvalue weighted by Crippen LogP contribution is -2.48. The van der Waals surface area contributed by atoms with Crippen molar-refractivity contribution in [2.24, 2.45) is 11.3 Å². The van der Waals surface area contributed by atoms with Gasteiger partial charge in [0.05, 0.1) is 5.69 Å². The average Bonchev–Trinajstić information content (AvgIpc) is 2.38. The predicted molar refractivity (Wildman–Crippen MR) is 85.6 cm³/mol. The second-order valence-corrected chi connectivity index (χ2v) is 7.04. The summed E-state index contributed by atoms with van der Waals surface area (Å²) >= 11 is 3.58. The molecule has 0 saturated heterocycles. The molecule has 4 heteroatoms. The number of ether oxygens (including phenoxy) is 1. The van der Waals surface area contributed by atoms with Crippen LogP contribution in [0.2, 0.25) is 0 Å². The number of fused-ring (bicyclic) bond motifs is 1. The summed E-state index contributed by atoms with van der Waals surface area (Å²) in [7, 11) is 0. The third kappa shape index (κ3) is 3.00. The van der Waals surface area contributed by atoms with Crippen LogP contribution in [0.4, 0.5) is 5.69 Å². The highest BCUT2D eigenvalue weighted by atomic mass is 79.9. The van der Waals surface area contributed by atoms with Crippen LogP contribution in [0.5, 0.6) is 5.75 Å². The van der Waals surface area contributed by atoms with Crippen molar-refractivity contribution in [3.05, 3.63) is 24.3 Å². The zero-order valence-electron chi connectivity index (χ0n) is 12.5. The van der Waals surface area contributed by atoms with E-state index in [1.54, 1.807) is 0 Å². The molecular weight excluding hydrogens is 318 g/mol. The van der Waals surface area contributed by atoms with Crippen molar-refractivity contribution in [3.63, 3.8) is 0 Å². The van der Waals surface area contributed by atoms with E-state index < -0.39 is 6.10 Å². The fourth-order valence-electron chi connectivity index (χ4n) is 2.32. The fourth-order valence-corrected chi connectivity index (χ4v) is 3.50. The second kappa shape index (κ2) is 5.76. The summed E-state index contributed by atoms with van der Waals surface area (Å²) in [5.41, 5.74) is 1.02. The van der Waals surface area contributed by atoms with Gasteiger partial charge in [-0.1, -0.05) is 48.8 Å². The van der Waals surface area contributed by atoms with Gasteiger partial charge < -0.3 is 9.64 Å². The van der Waals surface area contributed by atoms with E-state index in [4.69, 9.17) is 4.74 Å². The first-order valence-electron chi connectivity index (χ1n) is 6.97. The lowest BCUT2D eigenvalue weighted by molar-refractivity contribution is -0.125. The molecule has 3 nitrogen and oxygen atoms in total. The van der Waals surface area contributed by atoms with Gasteiger partial charge in [0.25, 0.3) is 5.91 Å². The van der Waals surface area contributed by atoms with E-state index in [9.17, 15) is 4.79 Å². The highest BCUT2D eigenvalue weighted by Crippen LogP contribution is 2.36. The zero-order chi connectivity index (χ0) is 14.9. The molecule has 1 amide bonds. The molecule has 1 aliphatic rings. The Morgan fingerprint density at radius 3 is 2.60 bits per heavy atom. The zero-order valence-corrected chi connectivity index (χ0v) is 14.1. The molecule has 0 aliphatic carbocycles. The van der Waals surface area contributed by atoms with Gasteiger partial charge in [-0.15, -0.1) is 0 Å². The van der Waals surface area contributed by atoms with Crippen LogP contribution >= 0.6 is 15.9 Å². The van der Waals surface area contributed by atoms with E-state index in [0.717, 1.165) is 16.8 Å². The molecule has 0 saturated carbocycles. The number of benzene rings is 1. The first kappa shape index (κ1) is 15.4. The summed E-state index contributed by atoms with van der Waals surface area (Å²) in [6.45, 7) is 9.14. The number of nitrogens with zero attached hydrogens (tertiary/aromatic N) is 1. The Kier molecular flexibility index (Phi) is 4.43. The van der Waals surface area contributed by atoms with E-state index in [-0.39, 0.29) is 11.3 Å². The maximum Gasteiger partial charge on any atom is 0.267 e. The minimum atomic E-state index is -0.416. The molecule has 1 aromatic rings. The van der Waals surface area contributed by atoms with Gasteiger partial charge in [-0.3, -0.25) is 4.79 Å². The number of halogens is 1. The molecule has 1 aromatic carbocycles. The Bertz CT molecular complexity index is 495. The molecule has 2 rings (SSSR count). The summed E-state index contributed by atoms with van der Waals surface area (Å²) in [6, 6.07) is 7.75. The van der Waals surface area contributed by atoms with Gasteiger partial charge in [-0.2, -0.15) is 0 Å². The highest BCUT2D eigenvalue weighted by Gasteiger charge is 2.35. The van der Waals surface area contributed by atoms with E-state index in [1.165, 1.54) is 0 Å². The van der Waals surface area contributed by atoms with E-state index in [2.05, 4.69) is 36.7 Å². The summed E-state index contributed by atoms with van der Waals surface area (Å²) in [5, 5.41) is 0.873. The first-order chi connectivity index (χ1) is 9.34. The molecule has 0 bridgehead atoms. The van der Waals surface area contributed by atoms with Crippen molar-refractivity contribution in [2.75, 3.05) is 16.8 Å². The third-order valence-corrected chi connectivity index (χ3v) is 4.67. The Labute approximate surface area is 129 Å². The molecule has 0 N–H and O–H groups in total. The normalized spacial score (nSPS) is 20.4. The molecule has 20 heavy (non-hydrogen) atoms. The van der Waals surface area contributed by atoms with Crippen LogP contribution in [0.3, 0.4) is 0 Å². The van der Waals surface area contributed by atoms with Crippen LogP contribution in [0.1, 0.15) is 27.7 Å². The lowest BCUT2D eigenvalue weighted by atomic mass is 9.81. The van der Waals surface area contributed by atoms with Gasteiger partial charge in [0.15, 0.2) is 6.10 Å². The molecule has 0 spiro atoms. The number of hydrogen-bond acceptors (Lipinski definition) is 2. The summed E-state index contributed by atoms with van der Waals surface area (Å²) < 4.78 is 5.67. The Hall–Kier alpha value is -1.03. The molecule has 0 radical (unpaired) electrons. The molecule has 2 atom stereocenters. The van der Waals surface area contributed by atoms with Crippen LogP contribution in [-0.4, -0.2) is 23.9 Å². The molecule has 2 unspecified atom stereocenters. The Morgan fingerprint density at radius 2 is 2.00 bits per heavy atom. The standard InChI is InChI=1S/C16H22BrNO2/c1-11-15(19)18(10-12(9-17)16(2,3)4)13-7-5-6-8-14(13)20-11/h5-8,11-12H,9-10H2,1-4H3. The van der Waals surface area contributed by atoms with Crippen LogP contribution in [0.15, 0.2) is 24.3 Å². The number of carbonyl (C=O) groups excluding carboxylic acids is 1. The third-order valence-electron chi connectivity index (χ3n) is 3.89. The summed E-state index contributed by atoms with van der Waals surface area (Å²) in [5.74, 6) is 1.21. The van der Waals surface area contributed by atoms with Gasteiger partial charge in [0.1, 0.15) is 5.75 Å². The van der Waals surface area contributed by atoms with E-state index >= 15 is 0 Å². The number of para-hydroxylation sites is 2. The van der Waals surface area contributed by atoms with Gasteiger partial charge in [0.2, 0.25) is 0 Å². The van der Waals surface area contributed by atoms with Crippen molar-refractivity contribution >= 4 is 27.5 Å². The molecule has 1 heterocycles. The van der Waals surface area contributed by atoms with Crippen LogP contribution in [0, 0.1) is 11.3 Å². The molecule has 1 aliphatic heterocycles. The summed E-state index contributed by atoms with van der Waals surface area (Å²) in [6.07, 6.45) is -0.416. The maximum absolute atomic E-state index is 12.5. The monoisotopic (exact) mass is 339 g/mol. The number of anilines is 1. The van der Waals surface area contributed by atoms with Gasteiger partial charge in [-0.05, 0) is 30.4 Å². The van der Waals surface area contributed by atoms with Crippen molar-refractivity contribution in [1.29, 1.82) is 0 Å². The van der Waals surface area contributed by atoms with Crippen LogP contribution in [-0.2, 0) is 4.79 Å². The minimum Gasteiger partial charge on any atom is -0.479 e. The van der Waals surface area contributed by atoms with Crippen LogP contribution in [0.25, 0.3) is 0 Å². The topological polar surface area (TPSA) is 29.5 Å². The minimum absolute atomic E-state index is 0.0406. The summed E-state index contributed by atoms with van der Waals surface area (Å²) in [4.78, 5) is 14.3. The van der Waals surface area contributed by atoms with Crippen LogP contribution < -0.4 is 9.64 Å². The number of amides is 1. The largest absolute Gasteiger partial charge is 0.479 e. The molecule has 0 fully saturated rings. The van der Waals surface area contributed by atoms with Crippen molar-refractivity contribution in [3.8, 4) is 5.75 Å². The Balaban J connectivity index is 2.32. The first-order valence-corrected chi connectivity index (χ1v) is 8.09. The fraction of sp³-hybridized carbons (Fsp3) is 0.562. The second-order valence-electron chi connectivity index (χ2n) is 6.39. The van der Waals surface area contributed by atoms with E-state index in [1.807, 2.05) is 36.1 Å². The number of alkyl halides is 1. The Morgan fingerprint density at radius 1 is 1.35 bits per heavy atom. The van der Waals surface area contributed by atoms with Gasteiger partial charge >= 0.3 is 0 Å². The number of carbonyl (C=O) groups is 1. The molecule has 110 valence electrons. The lowest BCUT2D eigenvalue weighted by Gasteiger charge is -2.38. The van der Waals surface area contributed by atoms with Crippen molar-refractivity contribution in [1.82, 2.24) is 0 Å². The van der Waals surface area contributed by atoms with Gasteiger partial charge in [-0.25, -0.2) is 0 Å².